The SMILES string of the molecule is CCC(=O)Nc1cccc(C(=O)NCCNC(=O)c2ccc(C)c(F)c2)c1. The summed E-state index contributed by atoms with van der Waals surface area (Å²) in [7, 11) is 0. The maximum atomic E-state index is 13.5. The molecule has 0 aliphatic carbocycles. The molecular weight excluding hydrogens is 349 g/mol. The van der Waals surface area contributed by atoms with Crippen LogP contribution in [0.2, 0.25) is 0 Å². The minimum atomic E-state index is -0.439. The van der Waals surface area contributed by atoms with Crippen molar-refractivity contribution in [1.29, 1.82) is 0 Å². The quantitative estimate of drug-likeness (QED) is 0.654. The normalized spacial score (nSPS) is 10.2. The second-order valence-corrected chi connectivity index (χ2v) is 5.96. The summed E-state index contributed by atoms with van der Waals surface area (Å²) < 4.78 is 13.5. The Morgan fingerprint density at radius 3 is 2.15 bits per heavy atom. The number of amides is 3. The topological polar surface area (TPSA) is 87.3 Å². The molecule has 0 atom stereocenters. The van der Waals surface area contributed by atoms with Crippen molar-refractivity contribution in [3.05, 3.63) is 65.0 Å². The van der Waals surface area contributed by atoms with Gasteiger partial charge >= 0.3 is 0 Å². The zero-order valence-corrected chi connectivity index (χ0v) is 15.3. The predicted octanol–water partition coefficient (Wildman–Crippen LogP) is 2.64. The second-order valence-electron chi connectivity index (χ2n) is 5.96. The number of hydrogen-bond acceptors (Lipinski definition) is 3. The van der Waals surface area contributed by atoms with E-state index in [0.29, 0.717) is 23.2 Å². The Morgan fingerprint density at radius 2 is 1.56 bits per heavy atom. The first-order valence-corrected chi connectivity index (χ1v) is 8.63. The van der Waals surface area contributed by atoms with Crippen LogP contribution in [0.1, 0.15) is 39.6 Å². The summed E-state index contributed by atoms with van der Waals surface area (Å²) in [5.74, 6) is -1.31. The van der Waals surface area contributed by atoms with Gasteiger partial charge in [0.2, 0.25) is 5.91 Å². The summed E-state index contributed by atoms with van der Waals surface area (Å²) in [5, 5.41) is 7.99. The molecule has 0 saturated carbocycles. The first kappa shape index (κ1) is 20.1. The molecule has 0 aromatic heterocycles. The van der Waals surface area contributed by atoms with E-state index in [4.69, 9.17) is 0 Å². The number of nitrogens with one attached hydrogen (secondary N) is 3. The van der Waals surface area contributed by atoms with Gasteiger partial charge in [0.05, 0.1) is 0 Å². The lowest BCUT2D eigenvalue weighted by Gasteiger charge is -2.09. The highest BCUT2D eigenvalue weighted by Gasteiger charge is 2.09. The summed E-state index contributed by atoms with van der Waals surface area (Å²) in [6.45, 7) is 3.77. The molecule has 142 valence electrons. The molecule has 2 rings (SSSR count). The maximum absolute atomic E-state index is 13.5. The van der Waals surface area contributed by atoms with Gasteiger partial charge in [0.15, 0.2) is 0 Å². The van der Waals surface area contributed by atoms with E-state index in [1.54, 1.807) is 44.2 Å². The van der Waals surface area contributed by atoms with Gasteiger partial charge in [-0.15, -0.1) is 0 Å². The van der Waals surface area contributed by atoms with E-state index >= 15 is 0 Å². The van der Waals surface area contributed by atoms with E-state index in [0.717, 1.165) is 0 Å². The van der Waals surface area contributed by atoms with Crippen molar-refractivity contribution in [2.75, 3.05) is 18.4 Å². The number of rotatable bonds is 7. The molecule has 2 aromatic carbocycles. The molecule has 0 radical (unpaired) electrons. The smallest absolute Gasteiger partial charge is 0.251 e. The largest absolute Gasteiger partial charge is 0.350 e. The fourth-order valence-electron chi connectivity index (χ4n) is 2.28. The van der Waals surface area contributed by atoms with Gasteiger partial charge in [0.1, 0.15) is 5.82 Å². The molecule has 3 amide bonds. The van der Waals surface area contributed by atoms with Crippen LogP contribution < -0.4 is 16.0 Å². The van der Waals surface area contributed by atoms with Crippen molar-refractivity contribution in [2.45, 2.75) is 20.3 Å². The number of benzene rings is 2. The second kappa shape index (κ2) is 9.47. The Balaban J connectivity index is 1.82. The fraction of sp³-hybridized carbons (Fsp3) is 0.250. The molecule has 2 aromatic rings. The third kappa shape index (κ3) is 5.91. The lowest BCUT2D eigenvalue weighted by Crippen LogP contribution is -2.34. The lowest BCUT2D eigenvalue weighted by molar-refractivity contribution is -0.115. The first-order chi connectivity index (χ1) is 12.9. The number of anilines is 1. The highest BCUT2D eigenvalue weighted by molar-refractivity contribution is 5.97. The average Bonchev–Trinajstić information content (AvgIpc) is 2.67. The van der Waals surface area contributed by atoms with E-state index in [2.05, 4.69) is 16.0 Å². The standard InChI is InChI=1S/C20H22FN3O3/c1-3-18(25)24-16-6-4-5-14(11-16)19(26)22-9-10-23-20(27)15-8-7-13(2)17(21)12-15/h4-8,11-12H,3,9-10H2,1-2H3,(H,22,26)(H,23,27)(H,24,25). The number of carbonyl (C=O) groups excluding carboxylic acids is 3. The maximum Gasteiger partial charge on any atom is 0.251 e. The zero-order valence-electron chi connectivity index (χ0n) is 15.3. The molecule has 7 heteroatoms. The van der Waals surface area contributed by atoms with E-state index in [1.807, 2.05) is 0 Å². The van der Waals surface area contributed by atoms with Crippen LogP contribution in [-0.2, 0) is 4.79 Å². The van der Waals surface area contributed by atoms with Crippen LogP contribution in [0.3, 0.4) is 0 Å². The monoisotopic (exact) mass is 371 g/mol. The predicted molar refractivity (Wildman–Crippen MR) is 101 cm³/mol. The van der Waals surface area contributed by atoms with Crippen LogP contribution in [0.25, 0.3) is 0 Å². The van der Waals surface area contributed by atoms with E-state index in [1.165, 1.54) is 12.1 Å². The van der Waals surface area contributed by atoms with Gasteiger partial charge in [-0.05, 0) is 42.8 Å². The van der Waals surface area contributed by atoms with Gasteiger partial charge in [-0.1, -0.05) is 19.1 Å². The number of carbonyl (C=O) groups is 3. The van der Waals surface area contributed by atoms with E-state index in [9.17, 15) is 18.8 Å². The molecule has 0 saturated heterocycles. The summed E-state index contributed by atoms with van der Waals surface area (Å²) in [6, 6.07) is 10.8. The highest BCUT2D eigenvalue weighted by atomic mass is 19.1. The van der Waals surface area contributed by atoms with Crippen LogP contribution in [0, 0.1) is 12.7 Å². The van der Waals surface area contributed by atoms with Gasteiger partial charge < -0.3 is 16.0 Å². The average molecular weight is 371 g/mol. The Bertz CT molecular complexity index is 852. The summed E-state index contributed by atoms with van der Waals surface area (Å²) in [5.41, 5.74) is 1.64. The molecule has 0 aliphatic heterocycles. The molecule has 0 unspecified atom stereocenters. The molecule has 0 heterocycles. The van der Waals surface area contributed by atoms with Gasteiger partial charge in [-0.25, -0.2) is 4.39 Å². The summed E-state index contributed by atoms with van der Waals surface area (Å²) in [6.07, 6.45) is 0.348. The molecule has 0 fully saturated rings. The van der Waals surface area contributed by atoms with Crippen LogP contribution in [-0.4, -0.2) is 30.8 Å². The van der Waals surface area contributed by atoms with Gasteiger partial charge in [-0.2, -0.15) is 0 Å². The number of halogens is 1. The molecule has 6 nitrogen and oxygen atoms in total. The molecule has 0 spiro atoms. The zero-order chi connectivity index (χ0) is 19.8. The van der Waals surface area contributed by atoms with Crippen molar-refractivity contribution >= 4 is 23.4 Å². The minimum absolute atomic E-state index is 0.136. The lowest BCUT2D eigenvalue weighted by atomic mass is 10.1. The van der Waals surface area contributed by atoms with Gasteiger partial charge in [-0.3, -0.25) is 14.4 Å². The fourth-order valence-corrected chi connectivity index (χ4v) is 2.28. The Kier molecular flexibility index (Phi) is 7.05. The van der Waals surface area contributed by atoms with Gasteiger partial charge in [0, 0.05) is 36.3 Å². The third-order valence-electron chi connectivity index (χ3n) is 3.86. The number of hydrogen-bond donors (Lipinski definition) is 3. The van der Waals surface area contributed by atoms with E-state index in [-0.39, 0.29) is 30.5 Å². The Morgan fingerprint density at radius 1 is 0.926 bits per heavy atom. The third-order valence-corrected chi connectivity index (χ3v) is 3.86. The molecule has 27 heavy (non-hydrogen) atoms. The molecule has 3 N–H and O–H groups in total. The summed E-state index contributed by atoms with van der Waals surface area (Å²) in [4.78, 5) is 35.5. The van der Waals surface area contributed by atoms with E-state index < -0.39 is 11.7 Å². The van der Waals surface area contributed by atoms with Crippen LogP contribution in [0.5, 0.6) is 0 Å². The van der Waals surface area contributed by atoms with Crippen molar-refractivity contribution in [3.8, 4) is 0 Å². The van der Waals surface area contributed by atoms with Crippen LogP contribution >= 0.6 is 0 Å². The van der Waals surface area contributed by atoms with Crippen molar-refractivity contribution in [1.82, 2.24) is 10.6 Å². The highest BCUT2D eigenvalue weighted by Crippen LogP contribution is 2.11. The Labute approximate surface area is 157 Å². The van der Waals surface area contributed by atoms with Crippen LogP contribution in [0.4, 0.5) is 10.1 Å². The molecule has 0 aliphatic rings. The van der Waals surface area contributed by atoms with Crippen molar-refractivity contribution in [3.63, 3.8) is 0 Å². The Hall–Kier alpha value is -3.22. The first-order valence-electron chi connectivity index (χ1n) is 8.63. The van der Waals surface area contributed by atoms with Crippen LogP contribution in [0.15, 0.2) is 42.5 Å². The minimum Gasteiger partial charge on any atom is -0.350 e. The van der Waals surface area contributed by atoms with Crippen molar-refractivity contribution < 1.29 is 18.8 Å². The summed E-state index contributed by atoms with van der Waals surface area (Å²) >= 11 is 0. The van der Waals surface area contributed by atoms with Crippen molar-refractivity contribution in [2.24, 2.45) is 0 Å². The molecular formula is C20H22FN3O3. The molecule has 0 bridgehead atoms. The number of aryl methyl sites for hydroxylation is 1. The van der Waals surface area contributed by atoms with Gasteiger partial charge in [0.25, 0.3) is 11.8 Å².